The number of aliphatic carboxylic acids is 1. The maximum atomic E-state index is 10.2. The molecule has 0 aliphatic carbocycles. The van der Waals surface area contributed by atoms with Crippen molar-refractivity contribution in [1.29, 1.82) is 5.41 Å². The minimum absolute atomic E-state index is 0.352. The van der Waals surface area contributed by atoms with E-state index in [1.54, 1.807) is 0 Å². The zero-order valence-corrected chi connectivity index (χ0v) is 6.05. The van der Waals surface area contributed by atoms with Gasteiger partial charge in [-0.2, -0.15) is 0 Å². The molecule has 1 aliphatic heterocycles. The van der Waals surface area contributed by atoms with Gasteiger partial charge in [0.2, 0.25) is 0 Å². The lowest BCUT2D eigenvalue weighted by Crippen LogP contribution is -2.12. The van der Waals surface area contributed by atoms with Crippen LogP contribution in [0.1, 0.15) is 12.8 Å². The first-order chi connectivity index (χ1) is 5.20. The highest BCUT2D eigenvalue weighted by atomic mass is 16.4. The molecule has 1 aliphatic rings. The molecule has 0 aromatic rings. The van der Waals surface area contributed by atoms with Crippen molar-refractivity contribution in [2.24, 2.45) is 0 Å². The van der Waals surface area contributed by atoms with Crippen LogP contribution in [0.2, 0.25) is 0 Å². The van der Waals surface area contributed by atoms with Gasteiger partial charge in [-0.3, -0.25) is 5.41 Å². The standard InChI is InChI=1S/C7H10N2O2/c8-6(7(10)11)4-5-2-1-3-9-5/h4,8-9H,1-3H2,(H,10,11)/b5-4-,8-6?. The van der Waals surface area contributed by atoms with Crippen LogP contribution in [0.4, 0.5) is 0 Å². The fourth-order valence-corrected chi connectivity index (χ4v) is 0.975. The quantitative estimate of drug-likeness (QED) is 0.503. The van der Waals surface area contributed by atoms with Gasteiger partial charge in [0.25, 0.3) is 0 Å². The van der Waals surface area contributed by atoms with E-state index in [-0.39, 0.29) is 5.71 Å². The maximum absolute atomic E-state index is 10.2. The normalized spacial score (nSPS) is 19.8. The summed E-state index contributed by atoms with van der Waals surface area (Å²) in [5, 5.41) is 18.3. The molecule has 0 unspecified atom stereocenters. The third kappa shape index (κ3) is 2.07. The summed E-state index contributed by atoms with van der Waals surface area (Å²) in [7, 11) is 0. The van der Waals surface area contributed by atoms with Crippen LogP contribution in [0.15, 0.2) is 11.8 Å². The Hall–Kier alpha value is -1.32. The molecule has 1 rings (SSSR count). The van der Waals surface area contributed by atoms with Crippen molar-refractivity contribution in [3.8, 4) is 0 Å². The van der Waals surface area contributed by atoms with E-state index < -0.39 is 5.97 Å². The first kappa shape index (κ1) is 7.78. The molecule has 11 heavy (non-hydrogen) atoms. The molecule has 0 atom stereocenters. The molecular weight excluding hydrogens is 144 g/mol. The summed E-state index contributed by atoms with van der Waals surface area (Å²) in [6.07, 6.45) is 3.25. The molecule has 0 amide bonds. The molecule has 0 aromatic carbocycles. The lowest BCUT2D eigenvalue weighted by atomic mass is 10.2. The van der Waals surface area contributed by atoms with E-state index in [9.17, 15) is 4.79 Å². The summed E-state index contributed by atoms with van der Waals surface area (Å²) in [5.41, 5.74) is 0.506. The average Bonchev–Trinajstić information content (AvgIpc) is 2.39. The van der Waals surface area contributed by atoms with Crippen LogP contribution < -0.4 is 5.32 Å². The van der Waals surface area contributed by atoms with Gasteiger partial charge in [0, 0.05) is 12.2 Å². The van der Waals surface area contributed by atoms with Gasteiger partial charge in [0.1, 0.15) is 5.71 Å². The molecule has 4 heteroatoms. The third-order valence-corrected chi connectivity index (χ3v) is 1.52. The molecule has 1 saturated heterocycles. The summed E-state index contributed by atoms with van der Waals surface area (Å²) in [5.74, 6) is -1.17. The van der Waals surface area contributed by atoms with Gasteiger partial charge < -0.3 is 10.4 Å². The Bertz CT molecular complexity index is 212. The molecule has 1 heterocycles. The second kappa shape index (κ2) is 3.18. The van der Waals surface area contributed by atoms with Gasteiger partial charge >= 0.3 is 5.97 Å². The van der Waals surface area contributed by atoms with E-state index in [0.29, 0.717) is 0 Å². The van der Waals surface area contributed by atoms with E-state index >= 15 is 0 Å². The summed E-state index contributed by atoms with van der Waals surface area (Å²) >= 11 is 0. The minimum Gasteiger partial charge on any atom is -0.477 e. The zero-order chi connectivity index (χ0) is 8.27. The molecule has 0 aromatic heterocycles. The number of carbonyl (C=O) groups is 1. The Morgan fingerprint density at radius 3 is 2.91 bits per heavy atom. The molecule has 3 N–H and O–H groups in total. The number of hydrogen-bond donors (Lipinski definition) is 3. The van der Waals surface area contributed by atoms with Crippen LogP contribution in [-0.4, -0.2) is 23.3 Å². The second-order valence-corrected chi connectivity index (χ2v) is 2.42. The average molecular weight is 154 g/mol. The molecule has 60 valence electrons. The molecule has 0 bridgehead atoms. The van der Waals surface area contributed by atoms with Crippen molar-refractivity contribution in [2.45, 2.75) is 12.8 Å². The van der Waals surface area contributed by atoms with Gasteiger partial charge in [0.15, 0.2) is 0 Å². The first-order valence-corrected chi connectivity index (χ1v) is 3.46. The van der Waals surface area contributed by atoms with Crippen LogP contribution in [-0.2, 0) is 4.79 Å². The van der Waals surface area contributed by atoms with Gasteiger partial charge in [0.05, 0.1) is 0 Å². The lowest BCUT2D eigenvalue weighted by Gasteiger charge is -1.95. The highest BCUT2D eigenvalue weighted by Gasteiger charge is 2.08. The Kier molecular flexibility index (Phi) is 2.25. The molecule has 0 radical (unpaired) electrons. The van der Waals surface area contributed by atoms with E-state index in [2.05, 4.69) is 5.32 Å². The van der Waals surface area contributed by atoms with Gasteiger partial charge in [-0.05, 0) is 18.9 Å². The first-order valence-electron chi connectivity index (χ1n) is 3.46. The Morgan fingerprint density at radius 2 is 2.45 bits per heavy atom. The van der Waals surface area contributed by atoms with Crippen molar-refractivity contribution in [1.82, 2.24) is 5.32 Å². The fraction of sp³-hybridized carbons (Fsp3) is 0.429. The monoisotopic (exact) mass is 154 g/mol. The summed E-state index contributed by atoms with van der Waals surface area (Å²) in [6, 6.07) is 0. The molecule has 0 saturated carbocycles. The smallest absolute Gasteiger partial charge is 0.353 e. The van der Waals surface area contributed by atoms with E-state index in [4.69, 9.17) is 10.5 Å². The predicted octanol–water partition coefficient (Wildman–Crippen LogP) is 0.358. The van der Waals surface area contributed by atoms with Crippen molar-refractivity contribution in [2.75, 3.05) is 6.54 Å². The number of carboxylic acid groups (broad SMARTS) is 1. The van der Waals surface area contributed by atoms with Crippen LogP contribution >= 0.6 is 0 Å². The number of allylic oxidation sites excluding steroid dienone is 1. The van der Waals surface area contributed by atoms with E-state index in [1.165, 1.54) is 6.08 Å². The zero-order valence-electron chi connectivity index (χ0n) is 6.05. The number of nitrogens with one attached hydrogen (secondary N) is 2. The van der Waals surface area contributed by atoms with Crippen molar-refractivity contribution < 1.29 is 9.90 Å². The topological polar surface area (TPSA) is 73.2 Å². The van der Waals surface area contributed by atoms with Gasteiger partial charge in [-0.1, -0.05) is 0 Å². The van der Waals surface area contributed by atoms with Gasteiger partial charge in [-0.15, -0.1) is 0 Å². The largest absolute Gasteiger partial charge is 0.477 e. The highest BCUT2D eigenvalue weighted by molar-refractivity contribution is 6.39. The molecule has 0 spiro atoms. The minimum atomic E-state index is -1.17. The Morgan fingerprint density at radius 1 is 1.73 bits per heavy atom. The predicted molar refractivity (Wildman–Crippen MR) is 40.7 cm³/mol. The van der Waals surface area contributed by atoms with Crippen molar-refractivity contribution >= 4 is 11.7 Å². The number of carboxylic acids is 1. The van der Waals surface area contributed by atoms with Crippen LogP contribution in [0.25, 0.3) is 0 Å². The van der Waals surface area contributed by atoms with E-state index in [1.807, 2.05) is 0 Å². The second-order valence-electron chi connectivity index (χ2n) is 2.42. The van der Waals surface area contributed by atoms with Crippen LogP contribution in [0.3, 0.4) is 0 Å². The van der Waals surface area contributed by atoms with Crippen molar-refractivity contribution in [3.05, 3.63) is 11.8 Å². The number of rotatable bonds is 2. The van der Waals surface area contributed by atoms with E-state index in [0.717, 1.165) is 25.1 Å². The fourth-order valence-electron chi connectivity index (χ4n) is 0.975. The third-order valence-electron chi connectivity index (χ3n) is 1.52. The van der Waals surface area contributed by atoms with Gasteiger partial charge in [-0.25, -0.2) is 4.79 Å². The molecule has 4 nitrogen and oxygen atoms in total. The SMILES string of the molecule is N=C(/C=C1/CCCN1)C(=O)O. The van der Waals surface area contributed by atoms with Crippen LogP contribution in [0.5, 0.6) is 0 Å². The molecule has 1 fully saturated rings. The summed E-state index contributed by atoms with van der Waals surface area (Å²) in [4.78, 5) is 10.2. The molecular formula is C7H10N2O2. The van der Waals surface area contributed by atoms with Crippen molar-refractivity contribution in [3.63, 3.8) is 0 Å². The lowest BCUT2D eigenvalue weighted by molar-refractivity contribution is -0.129. The Balaban J connectivity index is 2.56. The summed E-state index contributed by atoms with van der Waals surface area (Å²) < 4.78 is 0. The summed E-state index contributed by atoms with van der Waals surface area (Å²) in [6.45, 7) is 0.888. The highest BCUT2D eigenvalue weighted by Crippen LogP contribution is 2.07. The Labute approximate surface area is 64.4 Å². The van der Waals surface area contributed by atoms with Crippen LogP contribution in [0, 0.1) is 5.41 Å². The maximum Gasteiger partial charge on any atom is 0.353 e. The number of hydrogen-bond acceptors (Lipinski definition) is 3.